The summed E-state index contributed by atoms with van der Waals surface area (Å²) >= 11 is 0. The monoisotopic (exact) mass is 241 g/mol. The van der Waals surface area contributed by atoms with Crippen molar-refractivity contribution in [2.45, 2.75) is 27.7 Å². The SMILES string of the molecule is Cc1cc(-c2cc(C)c([NH3+])c(C)c2)cc(C)c1N. The van der Waals surface area contributed by atoms with Crippen molar-refractivity contribution in [3.63, 3.8) is 0 Å². The molecule has 5 N–H and O–H groups in total. The maximum absolute atomic E-state index is 6.00. The van der Waals surface area contributed by atoms with Gasteiger partial charge in [-0.25, -0.2) is 0 Å². The summed E-state index contributed by atoms with van der Waals surface area (Å²) in [6, 6.07) is 8.69. The summed E-state index contributed by atoms with van der Waals surface area (Å²) in [5.74, 6) is 0. The van der Waals surface area contributed by atoms with Gasteiger partial charge in [0.1, 0.15) is 5.69 Å². The van der Waals surface area contributed by atoms with Crippen molar-refractivity contribution in [2.24, 2.45) is 0 Å². The van der Waals surface area contributed by atoms with E-state index in [1.165, 1.54) is 22.3 Å². The van der Waals surface area contributed by atoms with E-state index >= 15 is 0 Å². The van der Waals surface area contributed by atoms with Crippen LogP contribution in [-0.4, -0.2) is 0 Å². The van der Waals surface area contributed by atoms with Crippen LogP contribution in [0.4, 0.5) is 11.4 Å². The smallest absolute Gasteiger partial charge is 0.133 e. The van der Waals surface area contributed by atoms with Crippen molar-refractivity contribution in [3.05, 3.63) is 46.5 Å². The molecule has 0 heterocycles. The highest BCUT2D eigenvalue weighted by Crippen LogP contribution is 2.29. The molecule has 0 aliphatic heterocycles. The summed E-state index contributed by atoms with van der Waals surface area (Å²) < 4.78 is 0. The first-order valence-electron chi connectivity index (χ1n) is 6.20. The van der Waals surface area contributed by atoms with Crippen molar-refractivity contribution in [3.8, 4) is 11.1 Å². The van der Waals surface area contributed by atoms with Gasteiger partial charge < -0.3 is 11.5 Å². The Bertz CT molecular complexity index is 511. The third kappa shape index (κ3) is 2.12. The predicted octanol–water partition coefficient (Wildman–Crippen LogP) is 3.04. The maximum atomic E-state index is 6.00. The van der Waals surface area contributed by atoms with Crippen LogP contribution in [0.5, 0.6) is 0 Å². The second-order valence-electron chi connectivity index (χ2n) is 5.11. The van der Waals surface area contributed by atoms with Crippen LogP contribution in [0.25, 0.3) is 11.1 Å². The fraction of sp³-hybridized carbons (Fsp3) is 0.250. The molecule has 0 aromatic heterocycles. The van der Waals surface area contributed by atoms with E-state index in [-0.39, 0.29) is 0 Å². The van der Waals surface area contributed by atoms with E-state index in [4.69, 9.17) is 5.73 Å². The molecule has 2 aromatic rings. The number of hydrogen-bond acceptors (Lipinski definition) is 1. The van der Waals surface area contributed by atoms with Gasteiger partial charge in [-0.05, 0) is 74.2 Å². The lowest BCUT2D eigenvalue weighted by Crippen LogP contribution is -2.42. The maximum Gasteiger partial charge on any atom is 0.133 e. The molecule has 2 heteroatoms. The van der Waals surface area contributed by atoms with Gasteiger partial charge in [0.15, 0.2) is 0 Å². The second-order valence-corrected chi connectivity index (χ2v) is 5.11. The van der Waals surface area contributed by atoms with Crippen LogP contribution < -0.4 is 11.5 Å². The van der Waals surface area contributed by atoms with E-state index in [2.05, 4.69) is 57.7 Å². The number of nitrogen functional groups attached to an aromatic ring is 1. The molecule has 0 saturated heterocycles. The van der Waals surface area contributed by atoms with Crippen LogP contribution in [0.2, 0.25) is 0 Å². The summed E-state index contributed by atoms with van der Waals surface area (Å²) in [4.78, 5) is 0. The van der Waals surface area contributed by atoms with Crippen molar-refractivity contribution in [1.29, 1.82) is 0 Å². The molecule has 2 rings (SSSR count). The Morgan fingerprint density at radius 2 is 1.06 bits per heavy atom. The van der Waals surface area contributed by atoms with Gasteiger partial charge in [0.05, 0.1) is 0 Å². The first-order valence-corrected chi connectivity index (χ1v) is 6.20. The minimum atomic E-state index is 0.890. The van der Waals surface area contributed by atoms with Crippen molar-refractivity contribution in [1.82, 2.24) is 0 Å². The number of nitrogens with two attached hydrogens (primary N) is 1. The topological polar surface area (TPSA) is 53.7 Å². The molecular weight excluding hydrogens is 220 g/mol. The molecule has 0 bridgehead atoms. The van der Waals surface area contributed by atoms with Crippen LogP contribution in [0.3, 0.4) is 0 Å². The Kier molecular flexibility index (Phi) is 3.14. The molecule has 2 nitrogen and oxygen atoms in total. The highest BCUT2D eigenvalue weighted by molar-refractivity contribution is 5.72. The standard InChI is InChI=1S/C16H20N2/c1-9-5-13(6-10(2)15(9)17)14-7-11(3)16(18)12(4)8-14/h5-8H,17-18H2,1-4H3/p+1. The summed E-state index contributed by atoms with van der Waals surface area (Å²) in [5.41, 5.74) is 19.3. The van der Waals surface area contributed by atoms with Crippen molar-refractivity contribution < 1.29 is 5.73 Å². The summed E-state index contributed by atoms with van der Waals surface area (Å²) in [6.07, 6.45) is 0. The predicted molar refractivity (Wildman–Crippen MR) is 77.8 cm³/mol. The van der Waals surface area contributed by atoms with Crippen LogP contribution in [0.15, 0.2) is 24.3 Å². The molecule has 0 radical (unpaired) electrons. The average molecular weight is 241 g/mol. The number of quaternary nitrogens is 1. The van der Waals surface area contributed by atoms with Crippen LogP contribution in [-0.2, 0) is 0 Å². The molecule has 0 unspecified atom stereocenters. The number of aryl methyl sites for hydroxylation is 4. The Labute approximate surface area is 109 Å². The van der Waals surface area contributed by atoms with Crippen molar-refractivity contribution >= 4 is 11.4 Å². The third-order valence-corrected chi connectivity index (χ3v) is 3.62. The molecule has 0 amide bonds. The van der Waals surface area contributed by atoms with Gasteiger partial charge in [-0.15, -0.1) is 0 Å². The lowest BCUT2D eigenvalue weighted by molar-refractivity contribution is -0.256. The zero-order valence-corrected chi connectivity index (χ0v) is 11.6. The number of rotatable bonds is 1. The highest BCUT2D eigenvalue weighted by Gasteiger charge is 2.08. The van der Waals surface area contributed by atoms with E-state index in [9.17, 15) is 0 Å². The normalized spacial score (nSPS) is 10.7. The fourth-order valence-electron chi connectivity index (χ4n) is 2.30. The molecule has 0 atom stereocenters. The molecule has 18 heavy (non-hydrogen) atoms. The lowest BCUT2D eigenvalue weighted by Gasteiger charge is -2.11. The summed E-state index contributed by atoms with van der Waals surface area (Å²) in [6.45, 7) is 8.33. The fourth-order valence-corrected chi connectivity index (χ4v) is 2.30. The Morgan fingerprint density at radius 1 is 0.722 bits per heavy atom. The molecule has 2 aromatic carbocycles. The van der Waals surface area contributed by atoms with Crippen LogP contribution in [0, 0.1) is 27.7 Å². The largest absolute Gasteiger partial charge is 0.398 e. The summed E-state index contributed by atoms with van der Waals surface area (Å²) in [5, 5.41) is 0. The Hall–Kier alpha value is -1.80. The molecule has 0 fully saturated rings. The zero-order chi connectivity index (χ0) is 13.4. The molecular formula is C16H21N2+. The van der Waals surface area contributed by atoms with Gasteiger partial charge in [0, 0.05) is 16.8 Å². The first-order chi connectivity index (χ1) is 8.40. The lowest BCUT2D eigenvalue weighted by atomic mass is 9.95. The number of benzene rings is 2. The summed E-state index contributed by atoms with van der Waals surface area (Å²) in [7, 11) is 0. The van der Waals surface area contributed by atoms with E-state index in [1.807, 2.05) is 0 Å². The van der Waals surface area contributed by atoms with Gasteiger partial charge in [-0.2, -0.15) is 0 Å². The van der Waals surface area contributed by atoms with E-state index < -0.39 is 0 Å². The molecule has 0 aliphatic carbocycles. The van der Waals surface area contributed by atoms with Crippen LogP contribution >= 0.6 is 0 Å². The highest BCUT2D eigenvalue weighted by atomic mass is 14.6. The van der Waals surface area contributed by atoms with E-state index in [0.29, 0.717) is 0 Å². The Morgan fingerprint density at radius 3 is 1.44 bits per heavy atom. The van der Waals surface area contributed by atoms with Gasteiger partial charge in [-0.3, -0.25) is 0 Å². The van der Waals surface area contributed by atoms with Crippen LogP contribution in [0.1, 0.15) is 22.3 Å². The van der Waals surface area contributed by atoms with Crippen molar-refractivity contribution in [2.75, 3.05) is 5.73 Å². The molecule has 0 saturated carbocycles. The molecule has 0 aliphatic rings. The van der Waals surface area contributed by atoms with Gasteiger partial charge >= 0.3 is 0 Å². The molecule has 0 spiro atoms. The Balaban J connectivity index is 2.63. The average Bonchev–Trinajstić information content (AvgIpc) is 2.31. The first kappa shape index (κ1) is 12.7. The van der Waals surface area contributed by atoms with Gasteiger partial charge in [0.25, 0.3) is 0 Å². The zero-order valence-electron chi connectivity index (χ0n) is 11.6. The van der Waals surface area contributed by atoms with Gasteiger partial charge in [-0.1, -0.05) is 0 Å². The minimum Gasteiger partial charge on any atom is -0.398 e. The minimum absolute atomic E-state index is 0.890. The number of hydrogen-bond donors (Lipinski definition) is 2. The number of anilines is 1. The van der Waals surface area contributed by atoms with E-state index in [1.54, 1.807) is 0 Å². The third-order valence-electron chi connectivity index (χ3n) is 3.62. The second kappa shape index (κ2) is 4.46. The molecule has 94 valence electrons. The van der Waals surface area contributed by atoms with Gasteiger partial charge in [0.2, 0.25) is 0 Å². The van der Waals surface area contributed by atoms with E-state index in [0.717, 1.165) is 22.5 Å². The quantitative estimate of drug-likeness (QED) is 0.741.